The van der Waals surface area contributed by atoms with Crippen molar-refractivity contribution in [2.45, 2.75) is 116 Å². The second kappa shape index (κ2) is 13.8. The summed E-state index contributed by atoms with van der Waals surface area (Å²) in [7, 11) is -5.01. The lowest BCUT2D eigenvalue weighted by atomic mass is 9.86. The van der Waals surface area contributed by atoms with Gasteiger partial charge < -0.3 is 8.85 Å². The quantitative estimate of drug-likeness (QED) is 0.131. The molecule has 55 heavy (non-hydrogen) atoms. The molecule has 0 fully saturated rings. The Morgan fingerprint density at radius 3 is 1.36 bits per heavy atom. The molecule has 0 N–H and O–H groups in total. The van der Waals surface area contributed by atoms with E-state index in [4.69, 9.17) is 8.85 Å². The highest BCUT2D eigenvalue weighted by molar-refractivity contribution is 7.26. The van der Waals surface area contributed by atoms with Crippen LogP contribution in [-0.2, 0) is 0 Å². The lowest BCUT2D eigenvalue weighted by Gasteiger charge is -2.42. The minimum absolute atomic E-state index is 0.211. The summed E-state index contributed by atoms with van der Waals surface area (Å²) in [5.41, 5.74) is 3.18. The topological polar surface area (TPSA) is 86.7 Å². The Hall–Kier alpha value is -4.19. The monoisotopic (exact) mass is 788 g/mol. The highest BCUT2D eigenvalue weighted by atomic mass is 32.1. The van der Waals surface area contributed by atoms with Crippen LogP contribution in [0.4, 0.5) is 0 Å². The van der Waals surface area contributed by atoms with Gasteiger partial charge in [0.15, 0.2) is 23.1 Å². The van der Waals surface area contributed by atoms with Crippen molar-refractivity contribution in [3.05, 3.63) is 83.0 Å². The molecule has 286 valence electrons. The van der Waals surface area contributed by atoms with Crippen molar-refractivity contribution in [2.24, 2.45) is 0 Å². The van der Waals surface area contributed by atoms with Gasteiger partial charge in [0.25, 0.3) is 16.6 Å². The molecule has 0 saturated carbocycles. The molecular weight excluding hydrogens is 737 g/mol. The minimum atomic E-state index is -2.53. The molecule has 0 spiro atoms. The fourth-order valence-electron chi connectivity index (χ4n) is 10.4. The van der Waals surface area contributed by atoms with Crippen LogP contribution in [0.25, 0.3) is 41.7 Å². The van der Waals surface area contributed by atoms with Crippen LogP contribution in [0.2, 0.25) is 33.2 Å². The summed E-state index contributed by atoms with van der Waals surface area (Å²) in [6, 6.07) is 11.8. The van der Waals surface area contributed by atoms with Crippen LogP contribution in [0, 0.1) is 0 Å². The first kappa shape index (κ1) is 39.1. The molecule has 0 bridgehead atoms. The van der Waals surface area contributed by atoms with Gasteiger partial charge in [-0.05, 0) is 99.3 Å². The van der Waals surface area contributed by atoms with Gasteiger partial charge in [-0.1, -0.05) is 83.1 Å². The SMILES string of the molecule is CC(C)[Si](Oc1cc2c(c3cc4sc5ccc6c(O[Si](C(C)C)(C(C)C)C(C)C)cc7c(c6c5c4cc13)C(=O)C=CC7=O)C(=O)C=CC2=O)(C(C)C)C(C)C. The second-order valence-corrected chi connectivity index (χ2v) is 29.2. The molecule has 0 radical (unpaired) electrons. The smallest absolute Gasteiger partial charge is 0.258 e. The molecule has 1 heterocycles. The Labute approximate surface area is 330 Å². The van der Waals surface area contributed by atoms with E-state index in [9.17, 15) is 19.2 Å². The Balaban J connectivity index is 1.64. The minimum Gasteiger partial charge on any atom is -0.542 e. The fourth-order valence-corrected chi connectivity index (χ4v) is 22.1. The molecular formula is C46H52O6SSi2. The van der Waals surface area contributed by atoms with Crippen LogP contribution >= 0.6 is 11.3 Å². The maximum atomic E-state index is 14.0. The van der Waals surface area contributed by atoms with E-state index in [1.54, 1.807) is 17.4 Å². The molecule has 7 rings (SSSR count). The van der Waals surface area contributed by atoms with Crippen molar-refractivity contribution >= 4 is 92.8 Å². The lowest BCUT2D eigenvalue weighted by molar-refractivity contribution is 0.0995. The Morgan fingerprint density at radius 2 is 0.873 bits per heavy atom. The van der Waals surface area contributed by atoms with Gasteiger partial charge in [0.1, 0.15) is 11.5 Å². The van der Waals surface area contributed by atoms with Gasteiger partial charge in [0.05, 0.1) is 0 Å². The molecule has 9 heteroatoms. The fraction of sp³-hybridized carbons (Fsp3) is 0.391. The second-order valence-electron chi connectivity index (χ2n) is 17.4. The maximum absolute atomic E-state index is 14.0. The molecule has 2 aliphatic rings. The van der Waals surface area contributed by atoms with Gasteiger partial charge in [0, 0.05) is 58.6 Å². The Bertz CT molecular complexity index is 2510. The number of thiophene rings is 1. The first-order chi connectivity index (χ1) is 25.9. The van der Waals surface area contributed by atoms with E-state index in [1.807, 2.05) is 18.2 Å². The molecule has 6 nitrogen and oxygen atoms in total. The largest absolute Gasteiger partial charge is 0.542 e. The standard InChI is InChI=1S/C46H52O6SSi2/c1-23(2)54(24(3)4,25(5)6)51-39-21-33-36(48)15-17-38(50)44(33)46-29(39)13-18-41-45(46)34-19-30-31(22-42(34)53-41)43-32(35(47)14-16-37(43)49)20-40(30)52-55(26(7)8,27(9)10)28(11)12/h13-28H,1-12H3. The van der Waals surface area contributed by atoms with E-state index in [0.717, 1.165) is 30.9 Å². The van der Waals surface area contributed by atoms with E-state index in [2.05, 4.69) is 95.2 Å². The number of carbonyl (C=O) groups excluding carboxylic acids is 4. The van der Waals surface area contributed by atoms with Gasteiger partial charge >= 0.3 is 0 Å². The highest BCUT2D eigenvalue weighted by Crippen LogP contribution is 2.51. The predicted molar refractivity (Wildman–Crippen MR) is 233 cm³/mol. The van der Waals surface area contributed by atoms with E-state index in [1.165, 1.54) is 24.3 Å². The van der Waals surface area contributed by atoms with E-state index in [0.29, 0.717) is 61.1 Å². The summed E-state index contributed by atoms with van der Waals surface area (Å²) in [5, 5.41) is 4.72. The molecule has 4 aromatic carbocycles. The summed E-state index contributed by atoms with van der Waals surface area (Å²) >= 11 is 1.57. The molecule has 0 atom stereocenters. The molecule has 2 aliphatic carbocycles. The number of carbonyl (C=O) groups is 4. The number of ketones is 4. The number of rotatable bonds is 10. The van der Waals surface area contributed by atoms with Crippen molar-refractivity contribution in [1.82, 2.24) is 0 Å². The van der Waals surface area contributed by atoms with E-state index in [-0.39, 0.29) is 39.8 Å². The summed E-state index contributed by atoms with van der Waals surface area (Å²) in [6.07, 6.45) is 5.46. The van der Waals surface area contributed by atoms with Gasteiger partial charge in [-0.2, -0.15) is 0 Å². The van der Waals surface area contributed by atoms with Gasteiger partial charge in [0.2, 0.25) is 0 Å². The number of hydrogen-bond acceptors (Lipinski definition) is 7. The molecule has 0 amide bonds. The molecule has 5 aromatic rings. The summed E-state index contributed by atoms with van der Waals surface area (Å²) < 4.78 is 16.6. The van der Waals surface area contributed by atoms with Crippen molar-refractivity contribution in [3.63, 3.8) is 0 Å². The van der Waals surface area contributed by atoms with Gasteiger partial charge in [-0.25, -0.2) is 0 Å². The van der Waals surface area contributed by atoms with Gasteiger partial charge in [-0.3, -0.25) is 19.2 Å². The van der Waals surface area contributed by atoms with Crippen LogP contribution in [0.15, 0.2) is 60.7 Å². The number of hydrogen-bond donors (Lipinski definition) is 0. The third-order valence-electron chi connectivity index (χ3n) is 12.7. The van der Waals surface area contributed by atoms with Gasteiger partial charge in [-0.15, -0.1) is 11.3 Å². The number of allylic oxidation sites excluding steroid dienone is 4. The Kier molecular flexibility index (Phi) is 9.79. The average molecular weight is 789 g/mol. The normalized spacial score (nSPS) is 15.2. The molecule has 0 unspecified atom stereocenters. The number of fused-ring (bicyclic) bond motifs is 10. The van der Waals surface area contributed by atoms with E-state index < -0.39 is 16.6 Å². The summed E-state index contributed by atoms with van der Waals surface area (Å²) in [6.45, 7) is 26.8. The lowest BCUT2D eigenvalue weighted by Crippen LogP contribution is -2.50. The van der Waals surface area contributed by atoms with Crippen LogP contribution in [0.3, 0.4) is 0 Å². The summed E-state index contributed by atoms with van der Waals surface area (Å²) in [4.78, 5) is 54.7. The van der Waals surface area contributed by atoms with Crippen molar-refractivity contribution in [3.8, 4) is 11.5 Å². The molecule has 1 aromatic heterocycles. The van der Waals surface area contributed by atoms with Crippen molar-refractivity contribution in [2.75, 3.05) is 0 Å². The van der Waals surface area contributed by atoms with Crippen LogP contribution in [-0.4, -0.2) is 39.8 Å². The Morgan fingerprint density at radius 1 is 0.436 bits per heavy atom. The van der Waals surface area contributed by atoms with Crippen molar-refractivity contribution < 1.29 is 28.0 Å². The average Bonchev–Trinajstić information content (AvgIpc) is 3.48. The summed E-state index contributed by atoms with van der Waals surface area (Å²) in [5.74, 6) is 0.396. The van der Waals surface area contributed by atoms with Crippen LogP contribution < -0.4 is 8.85 Å². The van der Waals surface area contributed by atoms with Crippen LogP contribution in [0.5, 0.6) is 11.5 Å². The number of benzene rings is 4. The van der Waals surface area contributed by atoms with Crippen LogP contribution in [0.1, 0.15) is 125 Å². The third-order valence-corrected chi connectivity index (χ3v) is 25.8. The van der Waals surface area contributed by atoms with E-state index >= 15 is 0 Å². The third kappa shape index (κ3) is 5.74. The maximum Gasteiger partial charge on any atom is 0.258 e. The zero-order chi connectivity index (χ0) is 40.0. The zero-order valence-electron chi connectivity index (χ0n) is 34.1. The molecule has 0 saturated heterocycles. The first-order valence-corrected chi connectivity index (χ1v) is 24.8. The zero-order valence-corrected chi connectivity index (χ0v) is 36.9. The first-order valence-electron chi connectivity index (χ1n) is 19.7. The highest BCUT2D eigenvalue weighted by Gasteiger charge is 2.49. The molecule has 0 aliphatic heterocycles. The predicted octanol–water partition coefficient (Wildman–Crippen LogP) is 13.3. The van der Waals surface area contributed by atoms with Crippen molar-refractivity contribution in [1.29, 1.82) is 0 Å².